The number of hydrogen-bond acceptors (Lipinski definition) is 5. The average molecular weight is 407 g/mol. The van der Waals surface area contributed by atoms with E-state index in [2.05, 4.69) is 16.4 Å². The summed E-state index contributed by atoms with van der Waals surface area (Å²) < 4.78 is 20.5. The molecule has 1 heterocycles. The minimum Gasteiger partial charge on any atom is -0.465 e. The molecule has 0 unspecified atom stereocenters. The van der Waals surface area contributed by atoms with Gasteiger partial charge in [-0.3, -0.25) is 14.2 Å². The van der Waals surface area contributed by atoms with Crippen molar-refractivity contribution >= 4 is 11.7 Å². The molecule has 4 rings (SSSR count). The molecule has 3 aromatic rings. The number of anilines is 1. The second-order valence-electron chi connectivity index (χ2n) is 7.11. The topological polar surface area (TPSA) is 73.2 Å². The molecule has 0 saturated heterocycles. The molecule has 2 aromatic carbocycles. The molecule has 0 saturated carbocycles. The lowest BCUT2D eigenvalue weighted by molar-refractivity contribution is -0.143. The third-order valence-electron chi connectivity index (χ3n) is 5.22. The summed E-state index contributed by atoms with van der Waals surface area (Å²) in [7, 11) is 0. The van der Waals surface area contributed by atoms with Crippen molar-refractivity contribution in [2.45, 2.75) is 32.4 Å². The summed E-state index contributed by atoms with van der Waals surface area (Å²) in [4.78, 5) is 29.7. The summed E-state index contributed by atoms with van der Waals surface area (Å²) in [5.74, 6) is -1.02. The quantitative estimate of drug-likeness (QED) is 0.631. The molecule has 1 atom stereocenters. The Balaban J connectivity index is 1.74. The minimum absolute atomic E-state index is 0.0222. The van der Waals surface area contributed by atoms with Crippen LogP contribution in [0.15, 0.2) is 59.5 Å². The Morgan fingerprint density at radius 3 is 2.80 bits per heavy atom. The molecule has 0 fully saturated rings. The van der Waals surface area contributed by atoms with Gasteiger partial charge in [-0.1, -0.05) is 36.4 Å². The zero-order valence-corrected chi connectivity index (χ0v) is 16.6. The van der Waals surface area contributed by atoms with E-state index in [9.17, 15) is 14.0 Å². The van der Waals surface area contributed by atoms with E-state index in [4.69, 9.17) is 4.74 Å². The highest BCUT2D eigenvalue weighted by Crippen LogP contribution is 2.33. The molecule has 0 bridgehead atoms. The molecular weight excluding hydrogens is 385 g/mol. The van der Waals surface area contributed by atoms with Crippen molar-refractivity contribution in [3.63, 3.8) is 0 Å². The smallest absolute Gasteiger partial charge is 0.326 e. The highest BCUT2D eigenvalue weighted by molar-refractivity contribution is 5.71. The van der Waals surface area contributed by atoms with Gasteiger partial charge in [-0.25, -0.2) is 9.37 Å². The van der Waals surface area contributed by atoms with Crippen LogP contribution >= 0.6 is 0 Å². The van der Waals surface area contributed by atoms with Crippen molar-refractivity contribution in [2.24, 2.45) is 0 Å². The van der Waals surface area contributed by atoms with Crippen LogP contribution in [0.1, 0.15) is 30.5 Å². The van der Waals surface area contributed by atoms with Crippen molar-refractivity contribution in [1.82, 2.24) is 9.55 Å². The van der Waals surface area contributed by atoms with Gasteiger partial charge in [0.1, 0.15) is 23.9 Å². The number of benzene rings is 2. The summed E-state index contributed by atoms with van der Waals surface area (Å²) in [5.41, 5.74) is 2.36. The normalized spacial score (nSPS) is 14.9. The third kappa shape index (κ3) is 3.83. The number of halogens is 1. The summed E-state index contributed by atoms with van der Waals surface area (Å²) >= 11 is 0. The predicted octanol–water partition coefficient (Wildman–Crippen LogP) is 3.71. The van der Waals surface area contributed by atoms with Crippen LogP contribution in [0.4, 0.5) is 10.1 Å². The number of rotatable bonds is 6. The number of fused-ring (bicyclic) bond motifs is 1. The number of aromatic nitrogens is 2. The summed E-state index contributed by atoms with van der Waals surface area (Å²) in [6.45, 7) is 1.53. The van der Waals surface area contributed by atoms with E-state index in [0.29, 0.717) is 0 Å². The first-order valence-electron chi connectivity index (χ1n) is 9.93. The lowest BCUT2D eigenvalue weighted by atomic mass is 10.1. The zero-order valence-electron chi connectivity index (χ0n) is 16.6. The van der Waals surface area contributed by atoms with Gasteiger partial charge in [-0.05, 0) is 43.0 Å². The monoisotopic (exact) mass is 407 g/mol. The minimum atomic E-state index is -0.581. The molecule has 1 N–H and O–H groups in total. The van der Waals surface area contributed by atoms with E-state index in [0.717, 1.165) is 18.4 Å². The summed E-state index contributed by atoms with van der Waals surface area (Å²) in [6.07, 6.45) is 3.18. The zero-order chi connectivity index (χ0) is 21.1. The van der Waals surface area contributed by atoms with Gasteiger partial charge in [0.05, 0.1) is 24.4 Å². The van der Waals surface area contributed by atoms with E-state index in [1.165, 1.54) is 28.5 Å². The maximum absolute atomic E-state index is 14.4. The van der Waals surface area contributed by atoms with Gasteiger partial charge in [0, 0.05) is 0 Å². The van der Waals surface area contributed by atoms with Gasteiger partial charge in [0.25, 0.3) is 5.56 Å². The van der Waals surface area contributed by atoms with E-state index < -0.39 is 17.3 Å². The molecule has 30 heavy (non-hydrogen) atoms. The van der Waals surface area contributed by atoms with Crippen molar-refractivity contribution in [1.29, 1.82) is 0 Å². The molecule has 0 aliphatic heterocycles. The van der Waals surface area contributed by atoms with Gasteiger partial charge in [-0.15, -0.1) is 0 Å². The predicted molar refractivity (Wildman–Crippen MR) is 112 cm³/mol. The number of hydrogen-bond donors (Lipinski definition) is 1. The van der Waals surface area contributed by atoms with E-state index >= 15 is 0 Å². The first-order valence-corrected chi connectivity index (χ1v) is 9.93. The Morgan fingerprint density at radius 2 is 2.00 bits per heavy atom. The third-order valence-corrected chi connectivity index (χ3v) is 5.22. The fourth-order valence-corrected chi connectivity index (χ4v) is 3.83. The molecule has 7 heteroatoms. The Bertz CT molecular complexity index is 1140. The number of ether oxygens (including phenoxy) is 1. The number of carbonyl (C=O) groups is 1. The van der Waals surface area contributed by atoms with Crippen molar-refractivity contribution in [3.8, 4) is 11.4 Å². The lowest BCUT2D eigenvalue weighted by Crippen LogP contribution is -2.30. The highest BCUT2D eigenvalue weighted by Gasteiger charge is 2.24. The van der Waals surface area contributed by atoms with Crippen LogP contribution < -0.4 is 10.9 Å². The van der Waals surface area contributed by atoms with Gasteiger partial charge in [0.2, 0.25) is 0 Å². The van der Waals surface area contributed by atoms with Crippen LogP contribution in [-0.4, -0.2) is 22.1 Å². The Morgan fingerprint density at radius 1 is 1.23 bits per heavy atom. The molecule has 6 nitrogen and oxygen atoms in total. The first kappa shape index (κ1) is 19.8. The highest BCUT2D eigenvalue weighted by atomic mass is 19.1. The standard InChI is InChI=1S/C23H22FN3O3/c1-2-30-21(28)14-27-22(17-9-5-6-10-18(17)24)25-13-20(23(27)29)26-19-12-11-15-7-3-4-8-16(15)19/h3-10,13,19,26H,2,11-12,14H2,1H3/t19-/m0/s1. The Kier molecular flexibility index (Phi) is 5.61. The number of aryl methyl sites for hydroxylation is 1. The van der Waals surface area contributed by atoms with Gasteiger partial charge >= 0.3 is 5.97 Å². The lowest BCUT2D eigenvalue weighted by Gasteiger charge is -2.18. The molecule has 0 radical (unpaired) electrons. The maximum Gasteiger partial charge on any atom is 0.326 e. The fraction of sp³-hybridized carbons (Fsp3) is 0.261. The number of nitrogens with zero attached hydrogens (tertiary/aromatic N) is 2. The van der Waals surface area contributed by atoms with Crippen LogP contribution in [0.5, 0.6) is 0 Å². The maximum atomic E-state index is 14.4. The van der Waals surface area contributed by atoms with E-state index in [1.54, 1.807) is 19.1 Å². The summed E-state index contributed by atoms with van der Waals surface area (Å²) in [6, 6.07) is 14.1. The van der Waals surface area contributed by atoms with Crippen LogP contribution in [0.2, 0.25) is 0 Å². The Labute approximate surface area is 173 Å². The number of esters is 1. The molecule has 1 aliphatic rings. The molecule has 0 spiro atoms. The van der Waals surface area contributed by atoms with Crippen LogP contribution in [0, 0.1) is 5.82 Å². The average Bonchev–Trinajstić information content (AvgIpc) is 3.15. The summed E-state index contributed by atoms with van der Waals surface area (Å²) in [5, 5.41) is 3.26. The Hall–Kier alpha value is -3.48. The van der Waals surface area contributed by atoms with E-state index in [-0.39, 0.29) is 36.3 Å². The fourth-order valence-electron chi connectivity index (χ4n) is 3.83. The molecular formula is C23H22FN3O3. The largest absolute Gasteiger partial charge is 0.465 e. The second-order valence-corrected chi connectivity index (χ2v) is 7.11. The molecule has 1 aromatic heterocycles. The van der Waals surface area contributed by atoms with Crippen molar-refractivity contribution in [3.05, 3.63) is 82.0 Å². The molecule has 154 valence electrons. The molecule has 0 amide bonds. The molecule has 1 aliphatic carbocycles. The SMILES string of the molecule is CCOC(=O)Cn1c(-c2ccccc2F)ncc(N[C@H]2CCc3ccccc32)c1=O. The van der Waals surface area contributed by atoms with Gasteiger partial charge in [-0.2, -0.15) is 0 Å². The van der Waals surface area contributed by atoms with Crippen LogP contribution in [0.3, 0.4) is 0 Å². The van der Waals surface area contributed by atoms with Crippen molar-refractivity contribution < 1.29 is 13.9 Å². The first-order chi connectivity index (χ1) is 14.6. The van der Waals surface area contributed by atoms with Crippen LogP contribution in [0.25, 0.3) is 11.4 Å². The van der Waals surface area contributed by atoms with Crippen LogP contribution in [-0.2, 0) is 22.5 Å². The number of nitrogens with one attached hydrogen (secondary N) is 1. The van der Waals surface area contributed by atoms with Crippen molar-refractivity contribution in [2.75, 3.05) is 11.9 Å². The number of carbonyl (C=O) groups excluding carboxylic acids is 1. The van der Waals surface area contributed by atoms with Gasteiger partial charge < -0.3 is 10.1 Å². The van der Waals surface area contributed by atoms with Gasteiger partial charge in [0.15, 0.2) is 0 Å². The van der Waals surface area contributed by atoms with E-state index in [1.807, 2.05) is 18.2 Å². The second kappa shape index (κ2) is 8.49.